The van der Waals surface area contributed by atoms with Crippen molar-refractivity contribution in [3.8, 4) is 11.4 Å². The summed E-state index contributed by atoms with van der Waals surface area (Å²) in [5.41, 5.74) is 3.69. The first kappa shape index (κ1) is 18.9. The molecule has 0 atom stereocenters. The molecule has 0 spiro atoms. The van der Waals surface area contributed by atoms with Crippen LogP contribution in [-0.2, 0) is 22.4 Å². The number of aryl methyl sites for hydroxylation is 1. The van der Waals surface area contributed by atoms with Gasteiger partial charge < -0.3 is 15.0 Å². The maximum absolute atomic E-state index is 12.2. The molecule has 2 N–H and O–H groups in total. The molecule has 0 fully saturated rings. The molecule has 148 valence electrons. The quantitative estimate of drug-likeness (QED) is 0.643. The van der Waals surface area contributed by atoms with E-state index in [4.69, 9.17) is 0 Å². The Bertz CT molecular complexity index is 977. The fourth-order valence-electron chi connectivity index (χ4n) is 3.40. The van der Waals surface area contributed by atoms with E-state index in [0.717, 1.165) is 47.8 Å². The summed E-state index contributed by atoms with van der Waals surface area (Å²) < 4.78 is 41.1. The number of fused-ring (bicyclic) bond motifs is 2. The van der Waals surface area contributed by atoms with Crippen molar-refractivity contribution in [2.24, 2.45) is 0 Å². The number of thiophene rings is 1. The Labute approximate surface area is 162 Å². The number of carbonyl (C=O) groups excluding carboxylic acids is 1. The molecule has 0 saturated heterocycles. The second-order valence-electron chi connectivity index (χ2n) is 6.67. The standard InChI is InChI=1S/C19H18F3N3O2S/c20-19(21,22)10-27-9-15(26)25-18-16(11-5-1-4-8-14(11)28-18)17-23-12-6-2-3-7-13(12)24-17/h2-3,6-7H,1,4-5,8-10H2,(H,23,24)(H,25,26). The highest BCUT2D eigenvalue weighted by atomic mass is 32.1. The molecule has 28 heavy (non-hydrogen) atoms. The average molecular weight is 409 g/mol. The number of amides is 1. The summed E-state index contributed by atoms with van der Waals surface area (Å²) in [5.74, 6) is 0.0484. The highest BCUT2D eigenvalue weighted by Crippen LogP contribution is 2.43. The summed E-state index contributed by atoms with van der Waals surface area (Å²) in [4.78, 5) is 21.3. The van der Waals surface area contributed by atoms with Crippen LogP contribution in [0, 0.1) is 0 Å². The van der Waals surface area contributed by atoms with Gasteiger partial charge >= 0.3 is 6.18 Å². The fourth-order valence-corrected chi connectivity index (χ4v) is 4.70. The van der Waals surface area contributed by atoms with Crippen molar-refractivity contribution in [2.45, 2.75) is 31.9 Å². The molecule has 2 heterocycles. The van der Waals surface area contributed by atoms with Gasteiger partial charge in [-0.3, -0.25) is 4.79 Å². The van der Waals surface area contributed by atoms with Crippen LogP contribution in [0.2, 0.25) is 0 Å². The predicted octanol–water partition coefficient (Wildman–Crippen LogP) is 4.69. The predicted molar refractivity (Wildman–Crippen MR) is 102 cm³/mol. The third-order valence-corrected chi connectivity index (χ3v) is 5.76. The number of ether oxygens (including phenoxy) is 1. The second-order valence-corrected chi connectivity index (χ2v) is 7.78. The summed E-state index contributed by atoms with van der Waals surface area (Å²) in [5, 5.41) is 3.33. The van der Waals surface area contributed by atoms with Gasteiger partial charge in [0.25, 0.3) is 5.91 Å². The smallest absolute Gasteiger partial charge is 0.362 e. The number of H-pyrrole nitrogens is 1. The monoisotopic (exact) mass is 409 g/mol. The van der Waals surface area contributed by atoms with Crippen LogP contribution in [0.3, 0.4) is 0 Å². The number of halogens is 3. The minimum absolute atomic E-state index is 0.603. The molecule has 4 rings (SSSR count). The molecule has 5 nitrogen and oxygen atoms in total. The van der Waals surface area contributed by atoms with Gasteiger partial charge in [0.2, 0.25) is 0 Å². The van der Waals surface area contributed by atoms with Gasteiger partial charge in [0.05, 0.1) is 16.6 Å². The Balaban J connectivity index is 1.62. The number of anilines is 1. The van der Waals surface area contributed by atoms with Crippen molar-refractivity contribution < 1.29 is 22.7 Å². The lowest BCUT2D eigenvalue weighted by atomic mass is 9.95. The highest BCUT2D eigenvalue weighted by Gasteiger charge is 2.28. The number of nitrogens with one attached hydrogen (secondary N) is 2. The molecular formula is C19H18F3N3O2S. The number of alkyl halides is 3. The van der Waals surface area contributed by atoms with Gasteiger partial charge in [0.15, 0.2) is 0 Å². The van der Waals surface area contributed by atoms with Crippen LogP contribution in [0.5, 0.6) is 0 Å². The zero-order valence-electron chi connectivity index (χ0n) is 14.9. The maximum atomic E-state index is 12.2. The fraction of sp³-hybridized carbons (Fsp3) is 0.368. The molecule has 9 heteroatoms. The van der Waals surface area contributed by atoms with Crippen molar-refractivity contribution in [3.63, 3.8) is 0 Å². The largest absolute Gasteiger partial charge is 0.411 e. The summed E-state index contributed by atoms with van der Waals surface area (Å²) >= 11 is 1.46. The van der Waals surface area contributed by atoms with Gasteiger partial charge in [-0.15, -0.1) is 11.3 Å². The van der Waals surface area contributed by atoms with Gasteiger partial charge in [0, 0.05) is 4.88 Å². The first-order valence-corrected chi connectivity index (χ1v) is 9.76. The number of aromatic nitrogens is 2. The van der Waals surface area contributed by atoms with Gasteiger partial charge in [-0.25, -0.2) is 4.98 Å². The number of hydrogen-bond donors (Lipinski definition) is 2. The van der Waals surface area contributed by atoms with Gasteiger partial charge in [-0.2, -0.15) is 13.2 Å². The molecule has 0 unspecified atom stereocenters. The average Bonchev–Trinajstić information content (AvgIpc) is 3.20. The van der Waals surface area contributed by atoms with Crippen molar-refractivity contribution >= 4 is 33.3 Å². The molecule has 0 aliphatic heterocycles. The van der Waals surface area contributed by atoms with E-state index in [1.165, 1.54) is 16.2 Å². The number of imidazole rings is 1. The number of rotatable bonds is 5. The number of carbonyl (C=O) groups is 1. The Morgan fingerprint density at radius 3 is 2.82 bits per heavy atom. The zero-order valence-corrected chi connectivity index (χ0v) is 15.7. The van der Waals surface area contributed by atoms with E-state index in [9.17, 15) is 18.0 Å². The molecule has 0 saturated carbocycles. The summed E-state index contributed by atoms with van der Waals surface area (Å²) in [7, 11) is 0. The molecule has 1 aliphatic rings. The molecule has 1 aromatic carbocycles. The van der Waals surface area contributed by atoms with Crippen LogP contribution in [-0.4, -0.2) is 35.3 Å². The SMILES string of the molecule is O=C(COCC(F)(F)F)Nc1sc2c(c1-c1nc3ccccc3[nH]1)CCCC2. The Morgan fingerprint density at radius 1 is 1.25 bits per heavy atom. The lowest BCUT2D eigenvalue weighted by molar-refractivity contribution is -0.174. The van der Waals surface area contributed by atoms with E-state index in [1.54, 1.807) is 0 Å². The topological polar surface area (TPSA) is 67.0 Å². The minimum atomic E-state index is -4.46. The lowest BCUT2D eigenvalue weighted by Crippen LogP contribution is -2.23. The van der Waals surface area contributed by atoms with Crippen LogP contribution < -0.4 is 5.32 Å². The van der Waals surface area contributed by atoms with Crippen molar-refractivity contribution in [1.29, 1.82) is 0 Å². The molecule has 2 aromatic heterocycles. The second kappa shape index (κ2) is 7.56. The van der Waals surface area contributed by atoms with E-state index in [1.807, 2.05) is 24.3 Å². The van der Waals surface area contributed by atoms with Gasteiger partial charge in [0.1, 0.15) is 24.0 Å². The third-order valence-electron chi connectivity index (χ3n) is 4.55. The van der Waals surface area contributed by atoms with Gasteiger partial charge in [-0.05, 0) is 43.4 Å². The van der Waals surface area contributed by atoms with E-state index < -0.39 is 25.3 Å². The molecule has 0 bridgehead atoms. The van der Waals surface area contributed by atoms with E-state index in [-0.39, 0.29) is 0 Å². The van der Waals surface area contributed by atoms with E-state index in [0.29, 0.717) is 10.8 Å². The number of nitrogens with zero attached hydrogens (tertiary/aromatic N) is 1. The third kappa shape index (κ3) is 4.05. The van der Waals surface area contributed by atoms with Crippen LogP contribution in [0.15, 0.2) is 24.3 Å². The van der Waals surface area contributed by atoms with E-state index in [2.05, 4.69) is 20.0 Å². The summed E-state index contributed by atoms with van der Waals surface area (Å²) in [6, 6.07) is 7.63. The highest BCUT2D eigenvalue weighted by molar-refractivity contribution is 7.17. The number of benzene rings is 1. The normalized spacial score (nSPS) is 14.2. The van der Waals surface area contributed by atoms with Crippen molar-refractivity contribution in [2.75, 3.05) is 18.5 Å². The number of aromatic amines is 1. The van der Waals surface area contributed by atoms with Crippen LogP contribution >= 0.6 is 11.3 Å². The van der Waals surface area contributed by atoms with E-state index >= 15 is 0 Å². The molecular weight excluding hydrogens is 391 g/mol. The Morgan fingerprint density at radius 2 is 2.04 bits per heavy atom. The first-order valence-electron chi connectivity index (χ1n) is 8.95. The number of hydrogen-bond acceptors (Lipinski definition) is 4. The molecule has 1 aliphatic carbocycles. The van der Waals surface area contributed by atoms with Crippen LogP contribution in [0.25, 0.3) is 22.4 Å². The Kier molecular flexibility index (Phi) is 5.11. The minimum Gasteiger partial charge on any atom is -0.362 e. The van der Waals surface area contributed by atoms with Gasteiger partial charge in [-0.1, -0.05) is 12.1 Å². The van der Waals surface area contributed by atoms with Crippen molar-refractivity contribution in [1.82, 2.24) is 9.97 Å². The lowest BCUT2D eigenvalue weighted by Gasteiger charge is -2.12. The first-order chi connectivity index (χ1) is 13.4. The number of para-hydroxylation sites is 2. The molecule has 1 amide bonds. The molecule has 0 radical (unpaired) electrons. The molecule has 3 aromatic rings. The van der Waals surface area contributed by atoms with Crippen LogP contribution in [0.4, 0.5) is 18.2 Å². The summed E-state index contributed by atoms with van der Waals surface area (Å²) in [6.45, 7) is -2.10. The summed E-state index contributed by atoms with van der Waals surface area (Å²) in [6.07, 6.45) is -0.512. The Hall–Kier alpha value is -2.39. The maximum Gasteiger partial charge on any atom is 0.411 e. The van der Waals surface area contributed by atoms with Crippen molar-refractivity contribution in [3.05, 3.63) is 34.7 Å². The van der Waals surface area contributed by atoms with Crippen LogP contribution in [0.1, 0.15) is 23.3 Å². The zero-order chi connectivity index (χ0) is 19.7.